The van der Waals surface area contributed by atoms with Crippen LogP contribution < -0.4 is 10.1 Å². The van der Waals surface area contributed by atoms with E-state index in [1.807, 2.05) is 25.1 Å². The van der Waals surface area contributed by atoms with Gasteiger partial charge >= 0.3 is 12.1 Å². The van der Waals surface area contributed by atoms with E-state index >= 15 is 0 Å². The van der Waals surface area contributed by atoms with E-state index in [2.05, 4.69) is 5.32 Å². The fourth-order valence-electron chi connectivity index (χ4n) is 3.80. The third-order valence-electron chi connectivity index (χ3n) is 5.52. The highest BCUT2D eigenvalue weighted by atomic mass is 16.6. The van der Waals surface area contributed by atoms with E-state index in [9.17, 15) is 19.8 Å². The zero-order valence-corrected chi connectivity index (χ0v) is 19.5. The van der Waals surface area contributed by atoms with Crippen molar-refractivity contribution in [3.05, 3.63) is 114 Å². The van der Waals surface area contributed by atoms with Crippen LogP contribution in [0, 0.1) is 6.92 Å². The van der Waals surface area contributed by atoms with E-state index in [-0.39, 0.29) is 5.75 Å². The van der Waals surface area contributed by atoms with E-state index < -0.39 is 24.3 Å². The highest BCUT2D eigenvalue weighted by Gasteiger charge is 2.30. The Labute approximate surface area is 208 Å². The number of hydrogen-bond donors (Lipinski definition) is 3. The summed E-state index contributed by atoms with van der Waals surface area (Å²) in [6, 6.07) is 26.3. The minimum absolute atomic E-state index is 0.0683. The number of phenolic OH excluding ortho intramolecular Hbond substituents is 1. The molecule has 0 spiro atoms. The number of para-hydroxylation sites is 1. The first-order valence-electron chi connectivity index (χ1n) is 11.3. The zero-order chi connectivity index (χ0) is 25.5. The van der Waals surface area contributed by atoms with Crippen LogP contribution in [-0.4, -0.2) is 28.4 Å². The molecule has 4 aromatic carbocycles. The molecular formula is C29H25NO6. The summed E-state index contributed by atoms with van der Waals surface area (Å²) in [5.41, 5.74) is 2.12. The summed E-state index contributed by atoms with van der Waals surface area (Å²) in [6.45, 7) is 1.94. The Morgan fingerprint density at radius 1 is 0.861 bits per heavy atom. The highest BCUT2D eigenvalue weighted by Crippen LogP contribution is 2.35. The number of aryl methyl sites for hydroxylation is 1. The first-order valence-corrected chi connectivity index (χ1v) is 11.3. The molecule has 0 aromatic heterocycles. The van der Waals surface area contributed by atoms with Gasteiger partial charge in [0, 0.05) is 22.7 Å². The van der Waals surface area contributed by atoms with Crippen molar-refractivity contribution in [1.82, 2.24) is 0 Å². The molecule has 0 fully saturated rings. The number of hydrogen-bond acceptors (Lipinski definition) is 5. The van der Waals surface area contributed by atoms with Gasteiger partial charge in [-0.25, -0.2) is 9.59 Å². The maximum absolute atomic E-state index is 13.0. The fraction of sp³-hybridized carbons (Fsp3) is 0.103. The number of aromatic hydroxyl groups is 1. The smallest absolute Gasteiger partial charge is 0.412 e. The quantitative estimate of drug-likeness (QED) is 0.257. The van der Waals surface area contributed by atoms with Gasteiger partial charge in [-0.2, -0.15) is 0 Å². The van der Waals surface area contributed by atoms with E-state index in [0.29, 0.717) is 27.8 Å². The minimum Gasteiger partial charge on any atom is -0.507 e. The largest absolute Gasteiger partial charge is 0.507 e. The fourth-order valence-corrected chi connectivity index (χ4v) is 3.80. The van der Waals surface area contributed by atoms with Gasteiger partial charge in [0.05, 0.1) is 0 Å². The lowest BCUT2D eigenvalue weighted by molar-refractivity contribution is -0.131. The van der Waals surface area contributed by atoms with Gasteiger partial charge in [-0.05, 0) is 48.7 Å². The first kappa shape index (κ1) is 24.3. The molecular weight excluding hydrogens is 458 g/mol. The Hall–Kier alpha value is -4.78. The van der Waals surface area contributed by atoms with Crippen molar-refractivity contribution in [2.75, 3.05) is 5.32 Å². The summed E-state index contributed by atoms with van der Waals surface area (Å²) in [5, 5.41) is 23.6. The van der Waals surface area contributed by atoms with Crippen molar-refractivity contribution in [3.8, 4) is 11.5 Å². The van der Waals surface area contributed by atoms with E-state index in [0.717, 1.165) is 11.6 Å². The molecule has 0 unspecified atom stereocenters. The van der Waals surface area contributed by atoms with Crippen molar-refractivity contribution in [2.24, 2.45) is 0 Å². The van der Waals surface area contributed by atoms with Crippen LogP contribution in [0.1, 0.15) is 17.2 Å². The van der Waals surface area contributed by atoms with Crippen molar-refractivity contribution < 1.29 is 29.3 Å². The van der Waals surface area contributed by atoms with Crippen molar-refractivity contribution in [3.63, 3.8) is 0 Å². The zero-order valence-electron chi connectivity index (χ0n) is 19.5. The maximum Gasteiger partial charge on any atom is 0.412 e. The van der Waals surface area contributed by atoms with Crippen LogP contribution >= 0.6 is 0 Å². The third kappa shape index (κ3) is 6.01. The second-order valence-corrected chi connectivity index (χ2v) is 8.13. The van der Waals surface area contributed by atoms with Gasteiger partial charge in [-0.1, -0.05) is 66.2 Å². The van der Waals surface area contributed by atoms with Crippen LogP contribution in [0.3, 0.4) is 0 Å². The number of aliphatic carboxylic acids is 1. The number of ether oxygens (including phenoxy) is 2. The summed E-state index contributed by atoms with van der Waals surface area (Å²) >= 11 is 0. The molecule has 0 heterocycles. The van der Waals surface area contributed by atoms with Gasteiger partial charge in [-0.15, -0.1) is 0 Å². The van der Waals surface area contributed by atoms with Gasteiger partial charge in [0.15, 0.2) is 12.2 Å². The molecule has 0 saturated carbocycles. The molecule has 7 heteroatoms. The predicted molar refractivity (Wildman–Crippen MR) is 137 cm³/mol. The standard InChI is InChI=1S/C29H25NO6/c1-19-11-13-20(14-12-19)30-29(34)36-28(24-15-16-25(31)23-10-6-5-9-22(23)24)26(17-18-27(32)33)35-21-7-3-2-4-8-21/h2-18,26,28,31H,1H3,(H,30,34)(H,32,33)/b18-17+/t26-,28-/m1/s1. The number of fused-ring (bicyclic) bond motifs is 1. The molecule has 0 aliphatic rings. The second kappa shape index (κ2) is 11.1. The minimum atomic E-state index is -1.17. The van der Waals surface area contributed by atoms with Crippen molar-refractivity contribution in [2.45, 2.75) is 19.1 Å². The van der Waals surface area contributed by atoms with E-state index in [4.69, 9.17) is 9.47 Å². The summed E-state index contributed by atoms with van der Waals surface area (Å²) in [4.78, 5) is 24.4. The average Bonchev–Trinajstić information content (AvgIpc) is 2.88. The molecule has 7 nitrogen and oxygen atoms in total. The average molecular weight is 484 g/mol. The summed E-state index contributed by atoms with van der Waals surface area (Å²) in [6.07, 6.45) is -0.519. The predicted octanol–water partition coefficient (Wildman–Crippen LogP) is 6.23. The second-order valence-electron chi connectivity index (χ2n) is 8.13. The monoisotopic (exact) mass is 483 g/mol. The van der Waals surface area contributed by atoms with Crippen LogP contribution in [0.25, 0.3) is 10.8 Å². The van der Waals surface area contributed by atoms with E-state index in [1.165, 1.54) is 12.1 Å². The molecule has 1 amide bonds. The van der Waals surface area contributed by atoms with Crippen LogP contribution in [0.15, 0.2) is 103 Å². The Morgan fingerprint density at radius 2 is 1.53 bits per heavy atom. The number of carboxylic acids is 1. The lowest BCUT2D eigenvalue weighted by atomic mass is 9.96. The molecule has 182 valence electrons. The SMILES string of the molecule is Cc1ccc(NC(=O)O[C@H](c2ccc(O)c3ccccc23)[C@@H](/C=C/C(=O)O)Oc2ccccc2)cc1. The number of carbonyl (C=O) groups is 2. The Balaban J connectivity index is 1.76. The number of rotatable bonds is 8. The van der Waals surface area contributed by atoms with Gasteiger partial charge in [0.1, 0.15) is 11.5 Å². The Kier molecular flexibility index (Phi) is 7.51. The Morgan fingerprint density at radius 3 is 2.22 bits per heavy atom. The molecule has 3 N–H and O–H groups in total. The number of anilines is 1. The normalized spacial score (nSPS) is 12.7. The molecule has 36 heavy (non-hydrogen) atoms. The van der Waals surface area contributed by atoms with Crippen LogP contribution in [-0.2, 0) is 9.53 Å². The van der Waals surface area contributed by atoms with Crippen molar-refractivity contribution >= 4 is 28.5 Å². The molecule has 0 aliphatic heterocycles. The first-order chi connectivity index (χ1) is 17.4. The number of carboxylic acid groups (broad SMARTS) is 1. The van der Waals surface area contributed by atoms with Crippen LogP contribution in [0.4, 0.5) is 10.5 Å². The third-order valence-corrected chi connectivity index (χ3v) is 5.52. The molecule has 0 saturated heterocycles. The molecule has 0 bridgehead atoms. The van der Waals surface area contributed by atoms with Crippen LogP contribution in [0.2, 0.25) is 0 Å². The van der Waals surface area contributed by atoms with Gasteiger partial charge in [0.2, 0.25) is 0 Å². The Bertz CT molecular complexity index is 1380. The molecule has 0 aliphatic carbocycles. The molecule has 4 rings (SSSR count). The summed E-state index contributed by atoms with van der Waals surface area (Å²) < 4.78 is 12.0. The number of carbonyl (C=O) groups excluding carboxylic acids is 1. The number of benzene rings is 4. The number of amides is 1. The topological polar surface area (TPSA) is 105 Å². The lowest BCUT2D eigenvalue weighted by Gasteiger charge is -2.27. The number of phenols is 1. The summed E-state index contributed by atoms with van der Waals surface area (Å²) in [7, 11) is 0. The van der Waals surface area contributed by atoms with E-state index in [1.54, 1.807) is 66.7 Å². The highest BCUT2D eigenvalue weighted by molar-refractivity contribution is 5.92. The van der Waals surface area contributed by atoms with Gasteiger partial charge in [0.25, 0.3) is 0 Å². The van der Waals surface area contributed by atoms with Gasteiger partial charge in [-0.3, -0.25) is 5.32 Å². The van der Waals surface area contributed by atoms with Crippen molar-refractivity contribution in [1.29, 1.82) is 0 Å². The van der Waals surface area contributed by atoms with Gasteiger partial charge < -0.3 is 19.7 Å². The summed E-state index contributed by atoms with van der Waals surface area (Å²) in [5.74, 6) is -0.637. The molecule has 0 radical (unpaired) electrons. The molecule has 2 atom stereocenters. The lowest BCUT2D eigenvalue weighted by Crippen LogP contribution is -2.30. The molecule has 4 aromatic rings. The van der Waals surface area contributed by atoms with Crippen LogP contribution in [0.5, 0.6) is 11.5 Å². The number of nitrogens with one attached hydrogen (secondary N) is 1. The maximum atomic E-state index is 13.0.